The molecule has 0 spiro atoms. The van der Waals surface area contributed by atoms with Crippen LogP contribution in [0.15, 0.2) is 48.5 Å². The lowest BCUT2D eigenvalue weighted by atomic mass is 9.91. The average molecular weight is 355 g/mol. The first-order valence-corrected chi connectivity index (χ1v) is 9.30. The summed E-state index contributed by atoms with van der Waals surface area (Å²) in [7, 11) is 0. The Hall–Kier alpha value is -2.04. The van der Waals surface area contributed by atoms with Crippen LogP contribution in [0.3, 0.4) is 0 Å². The molecule has 0 saturated heterocycles. The second kappa shape index (κ2) is 7.06. The monoisotopic (exact) mass is 354 g/mol. The minimum Gasteiger partial charge on any atom is -0.351 e. The summed E-state index contributed by atoms with van der Waals surface area (Å²) in [6.07, 6.45) is 4.63. The molecule has 25 heavy (non-hydrogen) atoms. The molecule has 0 radical (unpaired) electrons. The summed E-state index contributed by atoms with van der Waals surface area (Å²) >= 11 is 6.02. The number of aromatic nitrogens is 2. The van der Waals surface area contributed by atoms with Crippen LogP contribution in [0.5, 0.6) is 0 Å². The first-order valence-electron chi connectivity index (χ1n) is 8.92. The summed E-state index contributed by atoms with van der Waals surface area (Å²) in [6.45, 7) is 0.752. The number of nitrogens with one attached hydrogen (secondary N) is 1. The van der Waals surface area contributed by atoms with Crippen molar-refractivity contribution in [1.29, 1.82) is 0 Å². The molecule has 3 aromatic rings. The summed E-state index contributed by atoms with van der Waals surface area (Å²) in [4.78, 5) is 4.83. The fourth-order valence-corrected chi connectivity index (χ4v) is 3.75. The Morgan fingerprint density at radius 3 is 2.64 bits per heavy atom. The fraction of sp³-hybridized carbons (Fsp3) is 0.350. The molecule has 1 aromatic heterocycles. The van der Waals surface area contributed by atoms with Crippen molar-refractivity contribution < 1.29 is 0 Å². The molecule has 130 valence electrons. The summed E-state index contributed by atoms with van der Waals surface area (Å²) in [5, 5.41) is 4.38. The van der Waals surface area contributed by atoms with Gasteiger partial charge in [0.05, 0.1) is 17.6 Å². The minimum atomic E-state index is 0.192. The van der Waals surface area contributed by atoms with Gasteiger partial charge in [0.15, 0.2) is 0 Å². The highest BCUT2D eigenvalue weighted by molar-refractivity contribution is 6.30. The van der Waals surface area contributed by atoms with Gasteiger partial charge in [0, 0.05) is 17.1 Å². The maximum Gasteiger partial charge on any atom is 0.204 e. The Labute approximate surface area is 153 Å². The van der Waals surface area contributed by atoms with E-state index in [0.29, 0.717) is 0 Å². The first-order chi connectivity index (χ1) is 12.2. The molecular formula is C20H23ClN4. The van der Waals surface area contributed by atoms with Crippen molar-refractivity contribution in [3.63, 3.8) is 0 Å². The number of benzene rings is 2. The second-order valence-corrected chi connectivity index (χ2v) is 7.27. The maximum absolute atomic E-state index is 6.33. The largest absolute Gasteiger partial charge is 0.351 e. The van der Waals surface area contributed by atoms with Crippen LogP contribution in [-0.2, 0) is 6.54 Å². The smallest absolute Gasteiger partial charge is 0.204 e. The van der Waals surface area contributed by atoms with E-state index < -0.39 is 0 Å². The zero-order chi connectivity index (χ0) is 17.2. The highest BCUT2D eigenvalue weighted by Crippen LogP contribution is 2.25. The van der Waals surface area contributed by atoms with Gasteiger partial charge in [0.1, 0.15) is 0 Å². The van der Waals surface area contributed by atoms with Gasteiger partial charge in [-0.15, -0.1) is 0 Å². The number of imidazole rings is 1. The van der Waals surface area contributed by atoms with Crippen molar-refractivity contribution >= 4 is 28.6 Å². The summed E-state index contributed by atoms with van der Waals surface area (Å²) in [5.41, 5.74) is 9.66. The van der Waals surface area contributed by atoms with Gasteiger partial charge in [-0.2, -0.15) is 0 Å². The molecule has 0 bridgehead atoms. The van der Waals surface area contributed by atoms with Gasteiger partial charge in [0.2, 0.25) is 5.95 Å². The van der Waals surface area contributed by atoms with E-state index in [0.717, 1.165) is 41.4 Å². The molecule has 4 nitrogen and oxygen atoms in total. The molecule has 5 heteroatoms. The van der Waals surface area contributed by atoms with Crippen LogP contribution in [0.25, 0.3) is 11.0 Å². The van der Waals surface area contributed by atoms with Crippen molar-refractivity contribution in [2.45, 2.75) is 44.3 Å². The molecule has 3 N–H and O–H groups in total. The lowest BCUT2D eigenvalue weighted by molar-refractivity contribution is 0.401. The predicted octanol–water partition coefficient (Wildman–Crippen LogP) is 4.42. The van der Waals surface area contributed by atoms with Crippen LogP contribution in [0.2, 0.25) is 5.02 Å². The normalized spacial score (nSPS) is 20.7. The third-order valence-corrected chi connectivity index (χ3v) is 5.29. The molecule has 1 heterocycles. The zero-order valence-electron chi connectivity index (χ0n) is 14.2. The molecule has 1 aliphatic rings. The molecule has 2 atom stereocenters. The topological polar surface area (TPSA) is 55.9 Å². The average Bonchev–Trinajstić information content (AvgIpc) is 2.96. The van der Waals surface area contributed by atoms with Crippen molar-refractivity contribution in [3.8, 4) is 0 Å². The standard InChI is InChI=1S/C20H23ClN4/c21-15-11-9-14(10-12-15)13-25-19-8-4-3-7-18(19)24-20(25)23-17-6-2-1-5-16(17)22/h3-4,7-12,16-17H,1-2,5-6,13,22H2,(H,23,24)/t16-,17-/m0/s1. The fourth-order valence-electron chi connectivity index (χ4n) is 3.62. The molecule has 2 aromatic carbocycles. The summed E-state index contributed by atoms with van der Waals surface area (Å²) in [6, 6.07) is 16.7. The molecule has 4 rings (SSSR count). The van der Waals surface area contributed by atoms with E-state index >= 15 is 0 Å². The second-order valence-electron chi connectivity index (χ2n) is 6.84. The number of fused-ring (bicyclic) bond motifs is 1. The molecule has 1 fully saturated rings. The van der Waals surface area contributed by atoms with Crippen LogP contribution in [0.1, 0.15) is 31.2 Å². The molecule has 0 amide bonds. The highest BCUT2D eigenvalue weighted by Gasteiger charge is 2.23. The number of hydrogen-bond donors (Lipinski definition) is 2. The SMILES string of the molecule is N[C@H]1CCCC[C@@H]1Nc1nc2ccccc2n1Cc1ccc(Cl)cc1. The Morgan fingerprint density at radius 2 is 1.84 bits per heavy atom. The van der Waals surface area contributed by atoms with E-state index in [9.17, 15) is 0 Å². The molecule has 0 aliphatic heterocycles. The highest BCUT2D eigenvalue weighted by atomic mass is 35.5. The maximum atomic E-state index is 6.33. The number of nitrogens with two attached hydrogens (primary N) is 1. The Balaban J connectivity index is 1.68. The summed E-state index contributed by atoms with van der Waals surface area (Å²) < 4.78 is 2.24. The molecule has 1 saturated carbocycles. The first kappa shape index (κ1) is 16.4. The third-order valence-electron chi connectivity index (χ3n) is 5.04. The van der Waals surface area contributed by atoms with Gasteiger partial charge in [-0.05, 0) is 42.7 Å². The minimum absolute atomic E-state index is 0.192. The molecular weight excluding hydrogens is 332 g/mol. The van der Waals surface area contributed by atoms with E-state index in [-0.39, 0.29) is 12.1 Å². The lowest BCUT2D eigenvalue weighted by Gasteiger charge is -2.29. The van der Waals surface area contributed by atoms with Crippen molar-refractivity contribution in [2.24, 2.45) is 5.73 Å². The number of anilines is 1. The quantitative estimate of drug-likeness (QED) is 0.729. The van der Waals surface area contributed by atoms with Gasteiger partial charge in [-0.3, -0.25) is 0 Å². The van der Waals surface area contributed by atoms with E-state index in [4.69, 9.17) is 22.3 Å². The van der Waals surface area contributed by atoms with Gasteiger partial charge in [-0.1, -0.05) is 48.7 Å². The molecule has 1 aliphatic carbocycles. The van der Waals surface area contributed by atoms with Crippen LogP contribution in [0.4, 0.5) is 5.95 Å². The van der Waals surface area contributed by atoms with Gasteiger partial charge in [0.25, 0.3) is 0 Å². The van der Waals surface area contributed by atoms with Crippen molar-refractivity contribution in [1.82, 2.24) is 9.55 Å². The number of halogens is 1. The third kappa shape index (κ3) is 3.51. The number of rotatable bonds is 4. The van der Waals surface area contributed by atoms with E-state index in [1.54, 1.807) is 0 Å². The van der Waals surface area contributed by atoms with Crippen molar-refractivity contribution in [2.75, 3.05) is 5.32 Å². The van der Waals surface area contributed by atoms with Crippen LogP contribution in [-0.4, -0.2) is 21.6 Å². The van der Waals surface area contributed by atoms with Gasteiger partial charge in [-0.25, -0.2) is 4.98 Å². The summed E-state index contributed by atoms with van der Waals surface area (Å²) in [5.74, 6) is 0.901. The zero-order valence-corrected chi connectivity index (χ0v) is 14.9. The van der Waals surface area contributed by atoms with Gasteiger partial charge < -0.3 is 15.6 Å². The Morgan fingerprint density at radius 1 is 1.08 bits per heavy atom. The predicted molar refractivity (Wildman–Crippen MR) is 104 cm³/mol. The van der Waals surface area contributed by atoms with Crippen LogP contribution >= 0.6 is 11.6 Å². The number of para-hydroxylation sites is 2. The van der Waals surface area contributed by atoms with Crippen LogP contribution < -0.4 is 11.1 Å². The lowest BCUT2D eigenvalue weighted by Crippen LogP contribution is -2.43. The Kier molecular flexibility index (Phi) is 4.64. The number of nitrogens with zero attached hydrogens (tertiary/aromatic N) is 2. The van der Waals surface area contributed by atoms with E-state index in [1.165, 1.54) is 18.4 Å². The van der Waals surface area contributed by atoms with Crippen LogP contribution in [0, 0.1) is 0 Å². The van der Waals surface area contributed by atoms with Crippen molar-refractivity contribution in [3.05, 3.63) is 59.1 Å². The number of hydrogen-bond acceptors (Lipinski definition) is 3. The molecule has 0 unspecified atom stereocenters. The van der Waals surface area contributed by atoms with E-state index in [2.05, 4.69) is 40.2 Å². The van der Waals surface area contributed by atoms with Gasteiger partial charge >= 0.3 is 0 Å². The Bertz CT molecular complexity index is 856. The van der Waals surface area contributed by atoms with E-state index in [1.807, 2.05) is 18.2 Å².